The molecule has 172 valence electrons. The lowest BCUT2D eigenvalue weighted by molar-refractivity contribution is -0.139. The zero-order valence-corrected chi connectivity index (χ0v) is 19.0. The SMILES string of the molecule is Cc1nc(C2CCCN2C(=O)CN2CCCC2=O)nc2c1CC(=O)N2CCc1ccccc1. The summed E-state index contributed by atoms with van der Waals surface area (Å²) in [5.41, 5.74) is 2.86. The lowest BCUT2D eigenvalue weighted by Crippen LogP contribution is -2.41. The molecule has 3 aliphatic rings. The van der Waals surface area contributed by atoms with E-state index in [1.165, 1.54) is 5.56 Å². The van der Waals surface area contributed by atoms with Crippen molar-refractivity contribution in [1.29, 1.82) is 0 Å². The van der Waals surface area contributed by atoms with Crippen LogP contribution in [0, 0.1) is 6.92 Å². The van der Waals surface area contributed by atoms with Crippen LogP contribution in [-0.4, -0.2) is 63.7 Å². The molecule has 0 aliphatic carbocycles. The normalized spacial score (nSPS) is 20.2. The molecule has 1 aromatic heterocycles. The van der Waals surface area contributed by atoms with Crippen LogP contribution in [-0.2, 0) is 27.2 Å². The highest BCUT2D eigenvalue weighted by molar-refractivity contribution is 6.00. The number of nitrogens with zero attached hydrogens (tertiary/aromatic N) is 5. The average Bonchev–Trinajstić information content (AvgIpc) is 3.52. The standard InChI is InChI=1S/C25H29N5O3/c1-17-19-15-22(32)30(14-11-18-7-3-2-4-8-18)25(19)27-24(26-17)20-9-5-13-29(20)23(33)16-28-12-6-10-21(28)31/h2-4,7-8,20H,5-6,9-16H2,1H3. The largest absolute Gasteiger partial charge is 0.333 e. The fourth-order valence-electron chi connectivity index (χ4n) is 5.12. The van der Waals surface area contributed by atoms with Crippen LogP contribution in [0.15, 0.2) is 30.3 Å². The second kappa shape index (κ2) is 8.92. The van der Waals surface area contributed by atoms with Crippen LogP contribution in [0.4, 0.5) is 5.82 Å². The summed E-state index contributed by atoms with van der Waals surface area (Å²) in [5.74, 6) is 1.34. The highest BCUT2D eigenvalue weighted by Gasteiger charge is 2.37. The van der Waals surface area contributed by atoms with Gasteiger partial charge in [-0.05, 0) is 38.2 Å². The maximum atomic E-state index is 13.0. The fourth-order valence-corrected chi connectivity index (χ4v) is 5.12. The molecule has 4 heterocycles. The Morgan fingerprint density at radius 2 is 1.88 bits per heavy atom. The Balaban J connectivity index is 1.36. The number of amides is 3. The van der Waals surface area contributed by atoms with Gasteiger partial charge in [0.15, 0.2) is 5.82 Å². The topological polar surface area (TPSA) is 86.7 Å². The van der Waals surface area contributed by atoms with Crippen LogP contribution in [0.2, 0.25) is 0 Å². The Bertz CT molecular complexity index is 1090. The fraction of sp³-hybridized carbons (Fsp3) is 0.480. The molecule has 3 amide bonds. The molecule has 1 atom stereocenters. The van der Waals surface area contributed by atoms with Gasteiger partial charge in [0.1, 0.15) is 5.82 Å². The van der Waals surface area contributed by atoms with Crippen molar-refractivity contribution in [2.75, 3.05) is 31.1 Å². The minimum atomic E-state index is -0.217. The van der Waals surface area contributed by atoms with Crippen molar-refractivity contribution in [3.05, 3.63) is 53.0 Å². The molecule has 8 nitrogen and oxygen atoms in total. The van der Waals surface area contributed by atoms with Gasteiger partial charge >= 0.3 is 0 Å². The minimum Gasteiger partial charge on any atom is -0.333 e. The van der Waals surface area contributed by atoms with Gasteiger partial charge in [-0.3, -0.25) is 19.3 Å². The summed E-state index contributed by atoms with van der Waals surface area (Å²) in [6.45, 7) is 3.90. The molecule has 0 bridgehead atoms. The molecule has 2 saturated heterocycles. The quantitative estimate of drug-likeness (QED) is 0.678. The van der Waals surface area contributed by atoms with E-state index in [2.05, 4.69) is 12.1 Å². The van der Waals surface area contributed by atoms with E-state index in [0.29, 0.717) is 44.1 Å². The van der Waals surface area contributed by atoms with E-state index in [1.807, 2.05) is 30.0 Å². The highest BCUT2D eigenvalue weighted by Crippen LogP contribution is 2.35. The predicted octanol–water partition coefficient (Wildman–Crippen LogP) is 2.20. The van der Waals surface area contributed by atoms with E-state index in [0.717, 1.165) is 36.9 Å². The number of likely N-dealkylation sites (tertiary alicyclic amines) is 2. The molecule has 2 fully saturated rings. The zero-order chi connectivity index (χ0) is 22.9. The Morgan fingerprint density at radius 1 is 1.06 bits per heavy atom. The lowest BCUT2D eigenvalue weighted by atomic mass is 10.1. The number of carbonyl (C=O) groups is 3. The molecule has 1 unspecified atom stereocenters. The van der Waals surface area contributed by atoms with Crippen molar-refractivity contribution in [3.8, 4) is 0 Å². The Kier molecular flexibility index (Phi) is 5.83. The smallest absolute Gasteiger partial charge is 0.242 e. The summed E-state index contributed by atoms with van der Waals surface area (Å²) in [7, 11) is 0. The number of rotatable bonds is 6. The molecule has 8 heteroatoms. The molecule has 5 rings (SSSR count). The summed E-state index contributed by atoms with van der Waals surface area (Å²) >= 11 is 0. The third kappa shape index (κ3) is 4.21. The van der Waals surface area contributed by atoms with Gasteiger partial charge in [0, 0.05) is 37.3 Å². The molecule has 2 aromatic rings. The van der Waals surface area contributed by atoms with Gasteiger partial charge < -0.3 is 9.80 Å². The van der Waals surface area contributed by atoms with E-state index in [-0.39, 0.29) is 30.3 Å². The van der Waals surface area contributed by atoms with Gasteiger partial charge in [0.2, 0.25) is 17.7 Å². The molecule has 33 heavy (non-hydrogen) atoms. The second-order valence-electron chi connectivity index (χ2n) is 9.09. The molecule has 0 saturated carbocycles. The summed E-state index contributed by atoms with van der Waals surface area (Å²) in [4.78, 5) is 52.6. The van der Waals surface area contributed by atoms with Crippen LogP contribution < -0.4 is 4.90 Å². The number of aryl methyl sites for hydroxylation is 1. The highest BCUT2D eigenvalue weighted by atomic mass is 16.2. The van der Waals surface area contributed by atoms with Gasteiger partial charge in [0.05, 0.1) is 19.0 Å². The first-order valence-electron chi connectivity index (χ1n) is 11.8. The average molecular weight is 448 g/mol. The molecule has 0 radical (unpaired) electrons. The Morgan fingerprint density at radius 3 is 2.64 bits per heavy atom. The third-order valence-electron chi connectivity index (χ3n) is 6.93. The van der Waals surface area contributed by atoms with Crippen LogP contribution in [0.1, 0.15) is 54.4 Å². The first-order valence-corrected chi connectivity index (χ1v) is 11.8. The van der Waals surface area contributed by atoms with E-state index >= 15 is 0 Å². The Labute approximate surface area is 193 Å². The number of benzene rings is 1. The third-order valence-corrected chi connectivity index (χ3v) is 6.93. The maximum Gasteiger partial charge on any atom is 0.242 e. The van der Waals surface area contributed by atoms with Crippen molar-refractivity contribution in [3.63, 3.8) is 0 Å². The van der Waals surface area contributed by atoms with E-state index < -0.39 is 0 Å². The summed E-state index contributed by atoms with van der Waals surface area (Å²) in [6.07, 6.45) is 4.07. The number of hydrogen-bond donors (Lipinski definition) is 0. The first kappa shape index (κ1) is 21.6. The van der Waals surface area contributed by atoms with Crippen molar-refractivity contribution in [2.24, 2.45) is 0 Å². The lowest BCUT2D eigenvalue weighted by Gasteiger charge is -2.27. The molecular weight excluding hydrogens is 418 g/mol. The Hall–Kier alpha value is -3.29. The molecular formula is C25H29N5O3. The van der Waals surface area contributed by atoms with Gasteiger partial charge in [0.25, 0.3) is 0 Å². The molecule has 0 spiro atoms. The van der Waals surface area contributed by atoms with Crippen LogP contribution in [0.5, 0.6) is 0 Å². The summed E-state index contributed by atoms with van der Waals surface area (Å²) in [6, 6.07) is 9.89. The molecule has 1 aromatic carbocycles. The van der Waals surface area contributed by atoms with Crippen molar-refractivity contribution in [1.82, 2.24) is 19.8 Å². The van der Waals surface area contributed by atoms with Crippen molar-refractivity contribution in [2.45, 2.75) is 51.5 Å². The van der Waals surface area contributed by atoms with Crippen molar-refractivity contribution < 1.29 is 14.4 Å². The zero-order valence-electron chi connectivity index (χ0n) is 19.0. The number of aromatic nitrogens is 2. The molecule has 3 aliphatic heterocycles. The van der Waals surface area contributed by atoms with Crippen LogP contribution >= 0.6 is 0 Å². The summed E-state index contributed by atoms with van der Waals surface area (Å²) in [5, 5.41) is 0. The van der Waals surface area contributed by atoms with Crippen LogP contribution in [0.25, 0.3) is 0 Å². The summed E-state index contributed by atoms with van der Waals surface area (Å²) < 4.78 is 0. The van der Waals surface area contributed by atoms with Gasteiger partial charge in [-0.1, -0.05) is 30.3 Å². The predicted molar refractivity (Wildman–Crippen MR) is 122 cm³/mol. The second-order valence-corrected chi connectivity index (χ2v) is 9.09. The van der Waals surface area contributed by atoms with E-state index in [4.69, 9.17) is 9.97 Å². The van der Waals surface area contributed by atoms with Crippen molar-refractivity contribution >= 4 is 23.5 Å². The van der Waals surface area contributed by atoms with E-state index in [1.54, 1.807) is 9.80 Å². The molecule has 0 N–H and O–H groups in total. The van der Waals surface area contributed by atoms with E-state index in [9.17, 15) is 14.4 Å². The maximum absolute atomic E-state index is 13.0. The van der Waals surface area contributed by atoms with Crippen LogP contribution in [0.3, 0.4) is 0 Å². The monoisotopic (exact) mass is 447 g/mol. The number of hydrogen-bond acceptors (Lipinski definition) is 5. The van der Waals surface area contributed by atoms with Gasteiger partial charge in [-0.2, -0.15) is 0 Å². The van der Waals surface area contributed by atoms with Gasteiger partial charge in [-0.15, -0.1) is 0 Å². The number of anilines is 1. The minimum absolute atomic E-state index is 0.0439. The van der Waals surface area contributed by atoms with Gasteiger partial charge in [-0.25, -0.2) is 9.97 Å². The first-order chi connectivity index (χ1) is 16.0. The number of carbonyl (C=O) groups excluding carboxylic acids is 3. The number of fused-ring (bicyclic) bond motifs is 1.